The van der Waals surface area contributed by atoms with Crippen LogP contribution in [0.25, 0.3) is 0 Å². The zero-order chi connectivity index (χ0) is 17.1. The van der Waals surface area contributed by atoms with Crippen molar-refractivity contribution < 1.29 is 9.32 Å². The van der Waals surface area contributed by atoms with Gasteiger partial charge in [-0.25, -0.2) is 0 Å². The molecule has 0 spiro atoms. The standard InChI is InChI=1S/C18H30N4O2/c1-4-5-6-16-20-17(24-21-16)13(3)19-15-9-10-22(11-12(15)2)18(23)14-7-8-14/h12-15,19H,4-11H2,1-3H3/t12-,13-,15-/m0/s1. The van der Waals surface area contributed by atoms with Crippen molar-refractivity contribution in [3.8, 4) is 0 Å². The summed E-state index contributed by atoms with van der Waals surface area (Å²) in [6.07, 6.45) is 6.25. The van der Waals surface area contributed by atoms with Crippen molar-refractivity contribution in [3.05, 3.63) is 11.7 Å². The van der Waals surface area contributed by atoms with Gasteiger partial charge in [0.05, 0.1) is 6.04 Å². The Morgan fingerprint density at radius 2 is 2.21 bits per heavy atom. The van der Waals surface area contributed by atoms with Crippen LogP contribution in [0, 0.1) is 11.8 Å². The molecule has 0 bridgehead atoms. The molecule has 1 amide bonds. The van der Waals surface area contributed by atoms with Gasteiger partial charge in [0.2, 0.25) is 11.8 Å². The second-order valence-electron chi connectivity index (χ2n) is 7.47. The van der Waals surface area contributed by atoms with Gasteiger partial charge < -0.3 is 14.7 Å². The number of nitrogens with zero attached hydrogens (tertiary/aromatic N) is 3. The average molecular weight is 334 g/mol. The van der Waals surface area contributed by atoms with Gasteiger partial charge in [0.1, 0.15) is 0 Å². The number of unbranched alkanes of at least 4 members (excludes halogenated alkanes) is 1. The Kier molecular flexibility index (Phi) is 5.54. The molecule has 1 aliphatic heterocycles. The predicted octanol–water partition coefficient (Wildman–Crippen LogP) is 2.71. The Hall–Kier alpha value is -1.43. The van der Waals surface area contributed by atoms with Crippen LogP contribution in [-0.2, 0) is 11.2 Å². The first-order valence-corrected chi connectivity index (χ1v) is 9.45. The van der Waals surface area contributed by atoms with E-state index in [0.717, 1.165) is 57.4 Å². The van der Waals surface area contributed by atoms with Crippen LogP contribution < -0.4 is 5.32 Å². The topological polar surface area (TPSA) is 71.3 Å². The van der Waals surface area contributed by atoms with E-state index in [1.54, 1.807) is 0 Å². The van der Waals surface area contributed by atoms with Crippen LogP contribution in [0.2, 0.25) is 0 Å². The normalized spacial score (nSPS) is 25.7. The van der Waals surface area contributed by atoms with Crippen molar-refractivity contribution in [3.63, 3.8) is 0 Å². The van der Waals surface area contributed by atoms with Gasteiger partial charge in [0.25, 0.3) is 0 Å². The lowest BCUT2D eigenvalue weighted by Gasteiger charge is -2.38. The third-order valence-corrected chi connectivity index (χ3v) is 5.22. The molecular weight excluding hydrogens is 304 g/mol. The SMILES string of the molecule is CCCCc1noc([C@H](C)N[C@H]2CCN(C(=O)C3CC3)C[C@@H]2C)n1. The third kappa shape index (κ3) is 4.15. The van der Waals surface area contributed by atoms with Gasteiger partial charge >= 0.3 is 0 Å². The maximum Gasteiger partial charge on any atom is 0.243 e. The van der Waals surface area contributed by atoms with Gasteiger partial charge in [0.15, 0.2) is 5.82 Å². The van der Waals surface area contributed by atoms with Crippen molar-refractivity contribution in [2.24, 2.45) is 11.8 Å². The van der Waals surface area contributed by atoms with Gasteiger partial charge in [0, 0.05) is 31.5 Å². The highest BCUT2D eigenvalue weighted by molar-refractivity contribution is 5.81. The molecule has 1 aromatic heterocycles. The Morgan fingerprint density at radius 1 is 1.42 bits per heavy atom. The molecular formula is C18H30N4O2. The monoisotopic (exact) mass is 334 g/mol. The largest absolute Gasteiger partial charge is 0.342 e. The van der Waals surface area contributed by atoms with Crippen LogP contribution >= 0.6 is 0 Å². The highest BCUT2D eigenvalue weighted by Gasteiger charge is 2.37. The number of amides is 1. The van der Waals surface area contributed by atoms with Crippen molar-refractivity contribution in [2.45, 2.75) is 71.4 Å². The van der Waals surface area contributed by atoms with E-state index >= 15 is 0 Å². The Bertz CT molecular complexity index is 555. The van der Waals surface area contributed by atoms with E-state index < -0.39 is 0 Å². The van der Waals surface area contributed by atoms with Crippen LogP contribution in [0.3, 0.4) is 0 Å². The molecule has 1 aliphatic carbocycles. The summed E-state index contributed by atoms with van der Waals surface area (Å²) in [5.74, 6) is 2.60. The lowest BCUT2D eigenvalue weighted by Crippen LogP contribution is -2.51. The molecule has 2 aliphatic rings. The van der Waals surface area contributed by atoms with E-state index in [1.165, 1.54) is 0 Å². The van der Waals surface area contributed by atoms with Crippen LogP contribution in [-0.4, -0.2) is 40.1 Å². The summed E-state index contributed by atoms with van der Waals surface area (Å²) < 4.78 is 5.41. The molecule has 1 N–H and O–H groups in total. The summed E-state index contributed by atoms with van der Waals surface area (Å²) in [6, 6.07) is 0.431. The van der Waals surface area contributed by atoms with E-state index in [4.69, 9.17) is 4.52 Å². The summed E-state index contributed by atoms with van der Waals surface area (Å²) in [6.45, 7) is 8.16. The number of likely N-dealkylation sites (tertiary alicyclic amines) is 1. The van der Waals surface area contributed by atoms with Crippen molar-refractivity contribution in [1.29, 1.82) is 0 Å². The fraction of sp³-hybridized carbons (Fsp3) is 0.833. The Balaban J connectivity index is 1.50. The first-order chi connectivity index (χ1) is 11.6. The fourth-order valence-electron chi connectivity index (χ4n) is 3.45. The van der Waals surface area contributed by atoms with Crippen molar-refractivity contribution in [1.82, 2.24) is 20.4 Å². The summed E-state index contributed by atoms with van der Waals surface area (Å²) in [4.78, 5) is 18.8. The van der Waals surface area contributed by atoms with Crippen molar-refractivity contribution in [2.75, 3.05) is 13.1 Å². The molecule has 0 unspecified atom stereocenters. The van der Waals surface area contributed by atoms with Crippen LogP contribution in [0.5, 0.6) is 0 Å². The Morgan fingerprint density at radius 3 is 2.88 bits per heavy atom. The lowest BCUT2D eigenvalue weighted by molar-refractivity contribution is -0.134. The van der Waals surface area contributed by atoms with Crippen LogP contribution in [0.1, 0.15) is 70.6 Å². The van der Waals surface area contributed by atoms with E-state index in [2.05, 4.69) is 41.1 Å². The Labute approximate surface area is 144 Å². The van der Waals surface area contributed by atoms with Crippen molar-refractivity contribution >= 4 is 5.91 Å². The number of hydrogen-bond acceptors (Lipinski definition) is 5. The number of hydrogen-bond donors (Lipinski definition) is 1. The molecule has 6 heteroatoms. The molecule has 6 nitrogen and oxygen atoms in total. The molecule has 0 radical (unpaired) electrons. The zero-order valence-electron chi connectivity index (χ0n) is 15.1. The van der Waals surface area contributed by atoms with Gasteiger partial charge in [-0.3, -0.25) is 4.79 Å². The highest BCUT2D eigenvalue weighted by atomic mass is 16.5. The number of aromatic nitrogens is 2. The minimum absolute atomic E-state index is 0.0472. The molecule has 1 saturated heterocycles. The van der Waals surface area contributed by atoms with Gasteiger partial charge in [-0.2, -0.15) is 4.98 Å². The maximum absolute atomic E-state index is 12.2. The quantitative estimate of drug-likeness (QED) is 0.830. The van der Waals surface area contributed by atoms with Gasteiger partial charge in [-0.05, 0) is 38.5 Å². The zero-order valence-corrected chi connectivity index (χ0v) is 15.1. The molecule has 3 atom stereocenters. The number of carbonyl (C=O) groups is 1. The van der Waals surface area contributed by atoms with Crippen LogP contribution in [0.15, 0.2) is 4.52 Å². The van der Waals surface area contributed by atoms with E-state index in [1.807, 2.05) is 0 Å². The molecule has 0 aromatic carbocycles. The molecule has 2 fully saturated rings. The summed E-state index contributed by atoms with van der Waals surface area (Å²) in [5, 5.41) is 7.69. The number of nitrogens with one attached hydrogen (secondary N) is 1. The number of piperidine rings is 1. The summed E-state index contributed by atoms with van der Waals surface area (Å²) >= 11 is 0. The first-order valence-electron chi connectivity index (χ1n) is 9.45. The molecule has 1 aromatic rings. The minimum atomic E-state index is 0.0472. The second-order valence-corrected chi connectivity index (χ2v) is 7.47. The summed E-state index contributed by atoms with van der Waals surface area (Å²) in [5.41, 5.74) is 0. The summed E-state index contributed by atoms with van der Waals surface area (Å²) in [7, 11) is 0. The first kappa shape index (κ1) is 17.4. The predicted molar refractivity (Wildman–Crippen MR) is 91.3 cm³/mol. The molecule has 24 heavy (non-hydrogen) atoms. The second kappa shape index (κ2) is 7.64. The maximum atomic E-state index is 12.2. The average Bonchev–Trinajstić information content (AvgIpc) is 3.32. The lowest BCUT2D eigenvalue weighted by atomic mass is 9.93. The fourth-order valence-corrected chi connectivity index (χ4v) is 3.45. The number of aryl methyl sites for hydroxylation is 1. The molecule has 134 valence electrons. The smallest absolute Gasteiger partial charge is 0.243 e. The highest BCUT2D eigenvalue weighted by Crippen LogP contribution is 2.32. The van der Waals surface area contributed by atoms with Gasteiger partial charge in [-0.1, -0.05) is 25.4 Å². The van der Waals surface area contributed by atoms with E-state index in [-0.39, 0.29) is 6.04 Å². The minimum Gasteiger partial charge on any atom is -0.342 e. The van der Waals surface area contributed by atoms with Crippen LogP contribution in [0.4, 0.5) is 0 Å². The molecule has 3 rings (SSSR count). The number of carbonyl (C=O) groups excluding carboxylic acids is 1. The molecule has 2 heterocycles. The van der Waals surface area contributed by atoms with E-state index in [0.29, 0.717) is 29.7 Å². The third-order valence-electron chi connectivity index (χ3n) is 5.22. The number of rotatable bonds is 7. The van der Waals surface area contributed by atoms with Gasteiger partial charge in [-0.15, -0.1) is 0 Å². The van der Waals surface area contributed by atoms with E-state index in [9.17, 15) is 4.79 Å². The molecule has 1 saturated carbocycles.